The average Bonchev–Trinajstić information content (AvgIpc) is 3.10. The fourth-order valence-electron chi connectivity index (χ4n) is 3.83. The molecule has 2 N–H and O–H groups in total. The van der Waals surface area contributed by atoms with Gasteiger partial charge in [0.1, 0.15) is 0 Å². The number of rotatable bonds is 6. The standard InChI is InChI=1S/C19H22N4O3/c1-25-11-15-16(14-7-8-26-17(14)15)23-18(24)12-9-20-19(21-10-12)22-13-5-3-2-4-6-13/h2-6,9-10,14-17H,7-8,11H2,1H3,(H,23,24)(H,20,21,22)/t14-,15+,16-,17-/m0/s1. The number of para-hydroxylation sites is 1. The second-order valence-electron chi connectivity index (χ2n) is 6.69. The lowest BCUT2D eigenvalue weighted by molar-refractivity contribution is -0.0809. The molecule has 1 aliphatic heterocycles. The summed E-state index contributed by atoms with van der Waals surface area (Å²) in [6.07, 6.45) is 4.26. The van der Waals surface area contributed by atoms with Crippen LogP contribution in [-0.2, 0) is 9.47 Å². The first-order valence-corrected chi connectivity index (χ1v) is 8.82. The monoisotopic (exact) mass is 354 g/mol. The molecule has 1 aromatic heterocycles. The van der Waals surface area contributed by atoms with Gasteiger partial charge in [0.15, 0.2) is 0 Å². The lowest BCUT2D eigenvalue weighted by Crippen LogP contribution is -2.62. The van der Waals surface area contributed by atoms with Gasteiger partial charge in [-0.15, -0.1) is 0 Å². The summed E-state index contributed by atoms with van der Waals surface area (Å²) >= 11 is 0. The number of nitrogens with zero attached hydrogens (tertiary/aromatic N) is 2. The van der Waals surface area contributed by atoms with E-state index in [2.05, 4.69) is 20.6 Å². The summed E-state index contributed by atoms with van der Waals surface area (Å²) in [6, 6.07) is 9.74. The van der Waals surface area contributed by atoms with Crippen LogP contribution in [0.15, 0.2) is 42.7 Å². The number of amides is 1. The molecule has 1 aliphatic carbocycles. The van der Waals surface area contributed by atoms with Gasteiger partial charge >= 0.3 is 0 Å². The van der Waals surface area contributed by atoms with Gasteiger partial charge in [-0.05, 0) is 18.6 Å². The number of carbonyl (C=O) groups excluding carboxylic acids is 1. The second kappa shape index (κ2) is 7.39. The van der Waals surface area contributed by atoms with E-state index in [1.807, 2.05) is 30.3 Å². The molecule has 2 aliphatic rings. The first-order chi connectivity index (χ1) is 12.8. The molecule has 0 unspecified atom stereocenters. The van der Waals surface area contributed by atoms with Gasteiger partial charge in [0.2, 0.25) is 5.95 Å². The Kier molecular flexibility index (Phi) is 4.81. The second-order valence-corrected chi connectivity index (χ2v) is 6.69. The fourth-order valence-corrected chi connectivity index (χ4v) is 3.83. The number of fused-ring (bicyclic) bond motifs is 1. The quantitative estimate of drug-likeness (QED) is 0.825. The van der Waals surface area contributed by atoms with Crippen LogP contribution in [0.1, 0.15) is 16.8 Å². The number of benzene rings is 1. The molecular formula is C19H22N4O3. The number of ether oxygens (including phenoxy) is 2. The average molecular weight is 354 g/mol. The van der Waals surface area contributed by atoms with Gasteiger partial charge in [-0.3, -0.25) is 4.79 Å². The zero-order valence-corrected chi connectivity index (χ0v) is 14.6. The minimum Gasteiger partial charge on any atom is -0.384 e. The third kappa shape index (κ3) is 3.27. The van der Waals surface area contributed by atoms with Gasteiger partial charge in [0.05, 0.1) is 18.3 Å². The van der Waals surface area contributed by atoms with Gasteiger partial charge in [0.25, 0.3) is 5.91 Å². The molecule has 1 saturated heterocycles. The Morgan fingerprint density at radius 3 is 2.77 bits per heavy atom. The summed E-state index contributed by atoms with van der Waals surface area (Å²) in [5.41, 5.74) is 1.34. The van der Waals surface area contributed by atoms with E-state index in [9.17, 15) is 4.79 Å². The van der Waals surface area contributed by atoms with Crippen molar-refractivity contribution in [1.82, 2.24) is 15.3 Å². The molecule has 1 aromatic carbocycles. The Morgan fingerprint density at radius 1 is 1.27 bits per heavy atom. The van der Waals surface area contributed by atoms with Gasteiger partial charge in [-0.1, -0.05) is 18.2 Å². The zero-order valence-electron chi connectivity index (χ0n) is 14.6. The van der Waals surface area contributed by atoms with Crippen molar-refractivity contribution in [3.8, 4) is 0 Å². The van der Waals surface area contributed by atoms with Gasteiger partial charge in [0, 0.05) is 49.7 Å². The van der Waals surface area contributed by atoms with Crippen LogP contribution in [0.3, 0.4) is 0 Å². The maximum Gasteiger partial charge on any atom is 0.254 e. The van der Waals surface area contributed by atoms with E-state index in [1.54, 1.807) is 19.5 Å². The number of nitrogens with one attached hydrogen (secondary N) is 2. The van der Waals surface area contributed by atoms with Crippen molar-refractivity contribution in [2.75, 3.05) is 25.6 Å². The van der Waals surface area contributed by atoms with Crippen LogP contribution in [-0.4, -0.2) is 48.3 Å². The van der Waals surface area contributed by atoms with Crippen molar-refractivity contribution in [2.24, 2.45) is 11.8 Å². The summed E-state index contributed by atoms with van der Waals surface area (Å²) in [5.74, 6) is 0.876. The van der Waals surface area contributed by atoms with Crippen molar-refractivity contribution >= 4 is 17.5 Å². The largest absolute Gasteiger partial charge is 0.384 e. The molecular weight excluding hydrogens is 332 g/mol. The molecule has 0 radical (unpaired) electrons. The number of anilines is 2. The molecule has 2 fully saturated rings. The molecule has 2 aromatic rings. The minimum absolute atomic E-state index is 0.0806. The minimum atomic E-state index is -0.160. The molecule has 7 nitrogen and oxygen atoms in total. The third-order valence-corrected chi connectivity index (χ3v) is 5.13. The van der Waals surface area contributed by atoms with Crippen LogP contribution < -0.4 is 10.6 Å². The number of methoxy groups -OCH3 is 1. The molecule has 136 valence electrons. The highest BCUT2D eigenvalue weighted by molar-refractivity contribution is 5.94. The summed E-state index contributed by atoms with van der Waals surface area (Å²) in [4.78, 5) is 21.0. The van der Waals surface area contributed by atoms with Crippen LogP contribution in [0.25, 0.3) is 0 Å². The van der Waals surface area contributed by atoms with Gasteiger partial charge in [-0.2, -0.15) is 0 Å². The highest BCUT2D eigenvalue weighted by Gasteiger charge is 2.54. The topological polar surface area (TPSA) is 85.4 Å². The van der Waals surface area contributed by atoms with E-state index in [0.717, 1.165) is 18.7 Å². The molecule has 1 amide bonds. The van der Waals surface area contributed by atoms with E-state index in [4.69, 9.17) is 9.47 Å². The van der Waals surface area contributed by atoms with Crippen LogP contribution in [0.2, 0.25) is 0 Å². The first-order valence-electron chi connectivity index (χ1n) is 8.82. The summed E-state index contributed by atoms with van der Waals surface area (Å²) in [7, 11) is 1.67. The number of carbonyl (C=O) groups is 1. The van der Waals surface area contributed by atoms with E-state index < -0.39 is 0 Å². The number of hydrogen-bond donors (Lipinski definition) is 2. The Bertz CT molecular complexity index is 753. The third-order valence-electron chi connectivity index (χ3n) is 5.13. The highest BCUT2D eigenvalue weighted by atomic mass is 16.5. The number of aromatic nitrogens is 2. The van der Waals surface area contributed by atoms with E-state index in [0.29, 0.717) is 24.0 Å². The maximum absolute atomic E-state index is 12.6. The predicted molar refractivity (Wildman–Crippen MR) is 96.2 cm³/mol. The Hall–Kier alpha value is -2.51. The van der Waals surface area contributed by atoms with E-state index in [1.165, 1.54) is 0 Å². The Morgan fingerprint density at radius 2 is 2.04 bits per heavy atom. The van der Waals surface area contributed by atoms with E-state index in [-0.39, 0.29) is 24.0 Å². The van der Waals surface area contributed by atoms with E-state index >= 15 is 0 Å². The summed E-state index contributed by atoms with van der Waals surface area (Å²) in [5, 5.41) is 6.21. The molecule has 0 bridgehead atoms. The molecule has 4 rings (SSSR count). The molecule has 4 atom stereocenters. The zero-order chi connectivity index (χ0) is 17.9. The van der Waals surface area contributed by atoms with Crippen molar-refractivity contribution in [3.05, 3.63) is 48.3 Å². The molecule has 1 saturated carbocycles. The van der Waals surface area contributed by atoms with Gasteiger partial charge in [-0.25, -0.2) is 9.97 Å². The first kappa shape index (κ1) is 16.9. The molecule has 7 heteroatoms. The molecule has 2 heterocycles. The SMILES string of the molecule is COC[C@@H]1[C@@H](NC(=O)c2cnc(Nc3ccccc3)nc2)[C@@H]2CCO[C@H]12. The Balaban J connectivity index is 1.39. The highest BCUT2D eigenvalue weighted by Crippen LogP contribution is 2.43. The number of hydrogen-bond acceptors (Lipinski definition) is 6. The van der Waals surface area contributed by atoms with Crippen molar-refractivity contribution in [3.63, 3.8) is 0 Å². The summed E-state index contributed by atoms with van der Waals surface area (Å²) in [6.45, 7) is 1.34. The van der Waals surface area contributed by atoms with Crippen LogP contribution in [0, 0.1) is 11.8 Å². The molecule has 26 heavy (non-hydrogen) atoms. The van der Waals surface area contributed by atoms with Crippen molar-refractivity contribution in [2.45, 2.75) is 18.6 Å². The van der Waals surface area contributed by atoms with Crippen molar-refractivity contribution in [1.29, 1.82) is 0 Å². The smallest absolute Gasteiger partial charge is 0.254 e. The maximum atomic E-state index is 12.6. The normalized spacial score (nSPS) is 26.7. The van der Waals surface area contributed by atoms with Crippen LogP contribution >= 0.6 is 0 Å². The van der Waals surface area contributed by atoms with Gasteiger partial charge < -0.3 is 20.1 Å². The lowest BCUT2D eigenvalue weighted by atomic mass is 9.67. The van der Waals surface area contributed by atoms with Crippen LogP contribution in [0.4, 0.5) is 11.6 Å². The molecule has 0 spiro atoms. The Labute approximate surface area is 152 Å². The predicted octanol–water partition coefficient (Wildman–Crippen LogP) is 2.00. The summed E-state index contributed by atoms with van der Waals surface area (Å²) < 4.78 is 11.0. The fraction of sp³-hybridized carbons (Fsp3) is 0.421. The van der Waals surface area contributed by atoms with Crippen molar-refractivity contribution < 1.29 is 14.3 Å². The van der Waals surface area contributed by atoms with Crippen LogP contribution in [0.5, 0.6) is 0 Å². The lowest BCUT2D eigenvalue weighted by Gasteiger charge is -2.47.